The van der Waals surface area contributed by atoms with Gasteiger partial charge in [-0.05, 0) is 18.4 Å². The smallest absolute Gasteiger partial charge is 0.213 e. The highest BCUT2D eigenvalue weighted by Gasteiger charge is 2.38. The molecule has 0 bridgehead atoms. The zero-order valence-electron chi connectivity index (χ0n) is 7.53. The van der Waals surface area contributed by atoms with Gasteiger partial charge in [0.2, 0.25) is 5.88 Å². The maximum absolute atomic E-state index is 5.08. The van der Waals surface area contributed by atoms with E-state index in [1.54, 1.807) is 7.11 Å². The molecule has 0 saturated heterocycles. The van der Waals surface area contributed by atoms with Crippen molar-refractivity contribution in [1.82, 2.24) is 4.98 Å². The molecule has 0 radical (unpaired) electrons. The molecule has 1 fully saturated rings. The topological polar surface area (TPSA) is 22.1 Å². The molecule has 0 spiro atoms. The number of alkyl halides is 1. The van der Waals surface area contributed by atoms with E-state index in [1.807, 2.05) is 12.1 Å². The van der Waals surface area contributed by atoms with Crippen LogP contribution in [0.15, 0.2) is 18.2 Å². The Morgan fingerprint density at radius 1 is 1.62 bits per heavy atom. The molecule has 2 nitrogen and oxygen atoms in total. The van der Waals surface area contributed by atoms with Crippen molar-refractivity contribution in [3.05, 3.63) is 23.9 Å². The van der Waals surface area contributed by atoms with E-state index < -0.39 is 0 Å². The Bertz CT molecular complexity index is 303. The molecule has 0 N–H and O–H groups in total. The minimum atomic E-state index is 0.648. The van der Waals surface area contributed by atoms with Gasteiger partial charge in [0.1, 0.15) is 0 Å². The van der Waals surface area contributed by atoms with E-state index in [0.717, 1.165) is 17.1 Å². The van der Waals surface area contributed by atoms with Crippen molar-refractivity contribution in [3.63, 3.8) is 0 Å². The summed E-state index contributed by atoms with van der Waals surface area (Å²) in [6.07, 6.45) is 1.26. The van der Waals surface area contributed by atoms with Crippen LogP contribution in [-0.2, 0) is 0 Å². The fourth-order valence-corrected chi connectivity index (χ4v) is 2.25. The Morgan fingerprint density at radius 3 is 3.08 bits per heavy atom. The van der Waals surface area contributed by atoms with Gasteiger partial charge < -0.3 is 4.74 Å². The van der Waals surface area contributed by atoms with Crippen LogP contribution in [0.4, 0.5) is 0 Å². The zero-order chi connectivity index (χ0) is 9.26. The van der Waals surface area contributed by atoms with Crippen LogP contribution in [0.1, 0.15) is 18.0 Å². The highest BCUT2D eigenvalue weighted by molar-refractivity contribution is 9.09. The van der Waals surface area contributed by atoms with Gasteiger partial charge in [-0.2, -0.15) is 0 Å². The molecule has 2 rings (SSSR count). The van der Waals surface area contributed by atoms with Crippen molar-refractivity contribution in [3.8, 4) is 5.88 Å². The Labute approximate surface area is 86.5 Å². The van der Waals surface area contributed by atoms with Gasteiger partial charge in [0.25, 0.3) is 0 Å². The summed E-state index contributed by atoms with van der Waals surface area (Å²) in [4.78, 5) is 4.41. The molecule has 1 saturated carbocycles. The second-order valence-electron chi connectivity index (χ2n) is 3.36. The fraction of sp³-hybridized carbons (Fsp3) is 0.500. The van der Waals surface area contributed by atoms with Crippen molar-refractivity contribution in [2.75, 3.05) is 12.4 Å². The van der Waals surface area contributed by atoms with Crippen LogP contribution in [0, 0.1) is 5.92 Å². The molecule has 13 heavy (non-hydrogen) atoms. The molecular formula is C10H12BrNO. The molecule has 1 aliphatic rings. The van der Waals surface area contributed by atoms with Crippen LogP contribution in [-0.4, -0.2) is 17.4 Å². The molecular weight excluding hydrogens is 230 g/mol. The van der Waals surface area contributed by atoms with Crippen LogP contribution in [0.25, 0.3) is 0 Å². The summed E-state index contributed by atoms with van der Waals surface area (Å²) in [7, 11) is 1.65. The fourth-order valence-electron chi connectivity index (χ4n) is 1.53. The third kappa shape index (κ3) is 1.85. The lowest BCUT2D eigenvalue weighted by atomic mass is 10.2. The van der Waals surface area contributed by atoms with Crippen LogP contribution in [0.2, 0.25) is 0 Å². The van der Waals surface area contributed by atoms with Gasteiger partial charge in [0.15, 0.2) is 0 Å². The summed E-state index contributed by atoms with van der Waals surface area (Å²) in [5.74, 6) is 2.15. The average molecular weight is 242 g/mol. The zero-order valence-corrected chi connectivity index (χ0v) is 9.12. The Hall–Kier alpha value is -0.570. The lowest BCUT2D eigenvalue weighted by Crippen LogP contribution is -1.92. The number of methoxy groups -OCH3 is 1. The standard InChI is InChI=1S/C10H12BrNO/c1-13-10-4-2-3-9(12-10)8-5-7(8)6-11/h2-4,7-8H,5-6H2,1H3. The van der Waals surface area contributed by atoms with Crippen molar-refractivity contribution in [2.45, 2.75) is 12.3 Å². The second kappa shape index (κ2) is 3.66. The SMILES string of the molecule is COc1cccc(C2CC2CBr)n1. The minimum Gasteiger partial charge on any atom is -0.481 e. The van der Waals surface area contributed by atoms with Gasteiger partial charge in [0.05, 0.1) is 7.11 Å². The predicted octanol–water partition coefficient (Wildman–Crippen LogP) is 2.59. The summed E-state index contributed by atoms with van der Waals surface area (Å²) < 4.78 is 5.08. The van der Waals surface area contributed by atoms with Crippen molar-refractivity contribution in [2.24, 2.45) is 5.92 Å². The molecule has 0 aromatic carbocycles. The molecule has 70 valence electrons. The first-order valence-corrected chi connectivity index (χ1v) is 5.54. The first kappa shape index (κ1) is 9.00. The van der Waals surface area contributed by atoms with E-state index in [0.29, 0.717) is 5.92 Å². The molecule has 2 atom stereocenters. The van der Waals surface area contributed by atoms with E-state index in [9.17, 15) is 0 Å². The van der Waals surface area contributed by atoms with Gasteiger partial charge in [-0.15, -0.1) is 0 Å². The molecule has 1 aliphatic carbocycles. The molecule has 1 heterocycles. The second-order valence-corrected chi connectivity index (χ2v) is 4.01. The number of hydrogen-bond acceptors (Lipinski definition) is 2. The third-order valence-electron chi connectivity index (χ3n) is 2.45. The molecule has 0 amide bonds. The maximum Gasteiger partial charge on any atom is 0.213 e. The largest absolute Gasteiger partial charge is 0.481 e. The van der Waals surface area contributed by atoms with E-state index in [-0.39, 0.29) is 0 Å². The maximum atomic E-state index is 5.08. The summed E-state index contributed by atoms with van der Waals surface area (Å²) in [5.41, 5.74) is 1.17. The predicted molar refractivity (Wildman–Crippen MR) is 55.4 cm³/mol. The number of aromatic nitrogens is 1. The van der Waals surface area contributed by atoms with E-state index in [4.69, 9.17) is 4.74 Å². The summed E-state index contributed by atoms with van der Waals surface area (Å²) in [6, 6.07) is 5.97. The monoisotopic (exact) mass is 241 g/mol. The van der Waals surface area contributed by atoms with E-state index in [1.165, 1.54) is 12.1 Å². The highest BCUT2D eigenvalue weighted by Crippen LogP contribution is 2.47. The third-order valence-corrected chi connectivity index (χ3v) is 3.29. The first-order valence-electron chi connectivity index (χ1n) is 4.42. The number of halogens is 1. The van der Waals surface area contributed by atoms with Gasteiger partial charge in [-0.3, -0.25) is 0 Å². The molecule has 2 unspecified atom stereocenters. The number of nitrogens with zero attached hydrogens (tertiary/aromatic N) is 1. The normalized spacial score (nSPS) is 25.7. The number of ether oxygens (including phenoxy) is 1. The summed E-state index contributed by atoms with van der Waals surface area (Å²) >= 11 is 3.49. The molecule has 0 aliphatic heterocycles. The summed E-state index contributed by atoms with van der Waals surface area (Å²) in [5, 5.41) is 1.08. The van der Waals surface area contributed by atoms with Crippen LogP contribution < -0.4 is 4.74 Å². The first-order chi connectivity index (χ1) is 6.35. The highest BCUT2D eigenvalue weighted by atomic mass is 79.9. The van der Waals surface area contributed by atoms with Gasteiger partial charge >= 0.3 is 0 Å². The Kier molecular flexibility index (Phi) is 2.54. The number of hydrogen-bond donors (Lipinski definition) is 0. The van der Waals surface area contributed by atoms with Gasteiger partial charge in [-0.25, -0.2) is 4.98 Å². The van der Waals surface area contributed by atoms with Gasteiger partial charge in [-0.1, -0.05) is 22.0 Å². The van der Waals surface area contributed by atoms with Crippen molar-refractivity contribution in [1.29, 1.82) is 0 Å². The minimum absolute atomic E-state index is 0.648. The van der Waals surface area contributed by atoms with Crippen LogP contribution in [0.5, 0.6) is 5.88 Å². The van der Waals surface area contributed by atoms with E-state index >= 15 is 0 Å². The Balaban J connectivity index is 2.13. The van der Waals surface area contributed by atoms with Gasteiger partial charge in [0, 0.05) is 23.0 Å². The lowest BCUT2D eigenvalue weighted by Gasteiger charge is -2.01. The van der Waals surface area contributed by atoms with Crippen LogP contribution in [0.3, 0.4) is 0 Å². The van der Waals surface area contributed by atoms with Crippen molar-refractivity contribution < 1.29 is 4.74 Å². The van der Waals surface area contributed by atoms with Crippen LogP contribution >= 0.6 is 15.9 Å². The molecule has 3 heteroatoms. The Morgan fingerprint density at radius 2 is 2.46 bits per heavy atom. The number of pyridine rings is 1. The average Bonchev–Trinajstić information content (AvgIpc) is 2.97. The quantitative estimate of drug-likeness (QED) is 0.760. The van der Waals surface area contributed by atoms with E-state index in [2.05, 4.69) is 27.0 Å². The lowest BCUT2D eigenvalue weighted by molar-refractivity contribution is 0.396. The number of rotatable bonds is 3. The molecule has 1 aromatic rings. The van der Waals surface area contributed by atoms with Crippen molar-refractivity contribution >= 4 is 15.9 Å². The summed E-state index contributed by atoms with van der Waals surface area (Å²) in [6.45, 7) is 0. The molecule has 1 aromatic heterocycles.